The minimum atomic E-state index is -0.476. The van der Waals surface area contributed by atoms with E-state index in [4.69, 9.17) is 14.5 Å². The summed E-state index contributed by atoms with van der Waals surface area (Å²) in [6, 6.07) is 9.68. The van der Waals surface area contributed by atoms with E-state index in [-0.39, 0.29) is 24.7 Å². The van der Waals surface area contributed by atoms with E-state index >= 15 is 0 Å². The zero-order valence-electron chi connectivity index (χ0n) is 20.9. The third kappa shape index (κ3) is 7.17. The molecule has 0 unspecified atom stereocenters. The number of aromatic nitrogens is 3. The average Bonchev–Trinajstić information content (AvgIpc) is 3.51. The van der Waals surface area contributed by atoms with Crippen LogP contribution in [0.2, 0.25) is 0 Å². The number of amides is 2. The number of likely N-dealkylation sites (tertiary alicyclic amines) is 1. The molecule has 2 aliphatic rings. The maximum absolute atomic E-state index is 12.4. The summed E-state index contributed by atoms with van der Waals surface area (Å²) in [6.07, 6.45) is 1.03. The number of piperazine rings is 1. The minimum absolute atomic E-state index is 0.137. The van der Waals surface area contributed by atoms with Crippen molar-refractivity contribution < 1.29 is 19.1 Å². The molecule has 1 aromatic heterocycles. The van der Waals surface area contributed by atoms with Crippen LogP contribution in [-0.2, 0) is 22.5 Å². The summed E-state index contributed by atoms with van der Waals surface area (Å²) in [4.78, 5) is 35.2. The number of benzene rings is 1. The van der Waals surface area contributed by atoms with Gasteiger partial charge in [0.2, 0.25) is 0 Å². The van der Waals surface area contributed by atoms with Gasteiger partial charge in [-0.25, -0.2) is 14.6 Å². The fraction of sp³-hybridized carbons (Fsp3) is 0.600. The molecule has 2 saturated heterocycles. The second-order valence-electron chi connectivity index (χ2n) is 10.2. The average molecular weight is 485 g/mol. The molecule has 0 aliphatic carbocycles. The van der Waals surface area contributed by atoms with Crippen LogP contribution in [0.1, 0.15) is 50.3 Å². The van der Waals surface area contributed by atoms with Gasteiger partial charge in [-0.15, -0.1) is 0 Å². The van der Waals surface area contributed by atoms with Crippen molar-refractivity contribution in [2.75, 3.05) is 45.8 Å². The number of hydrogen-bond donors (Lipinski definition) is 1. The summed E-state index contributed by atoms with van der Waals surface area (Å²) in [7, 11) is 0. The van der Waals surface area contributed by atoms with E-state index in [9.17, 15) is 9.59 Å². The molecule has 1 atom stereocenters. The summed E-state index contributed by atoms with van der Waals surface area (Å²) < 4.78 is 10.9. The maximum Gasteiger partial charge on any atom is 0.410 e. The lowest BCUT2D eigenvalue weighted by molar-refractivity contribution is 0.0145. The minimum Gasteiger partial charge on any atom is -0.445 e. The fourth-order valence-corrected chi connectivity index (χ4v) is 4.30. The highest BCUT2D eigenvalue weighted by atomic mass is 16.6. The molecular formula is C25H36N6O4. The number of aromatic amines is 1. The summed E-state index contributed by atoms with van der Waals surface area (Å²) >= 11 is 0. The van der Waals surface area contributed by atoms with Gasteiger partial charge < -0.3 is 19.3 Å². The number of hydrogen-bond acceptors (Lipinski definition) is 7. The van der Waals surface area contributed by atoms with Gasteiger partial charge in [-0.3, -0.25) is 10.00 Å². The van der Waals surface area contributed by atoms with Crippen LogP contribution < -0.4 is 0 Å². The largest absolute Gasteiger partial charge is 0.445 e. The van der Waals surface area contributed by atoms with Crippen molar-refractivity contribution in [1.29, 1.82) is 0 Å². The third-order valence-corrected chi connectivity index (χ3v) is 6.26. The molecule has 10 nitrogen and oxygen atoms in total. The molecule has 0 bridgehead atoms. The Morgan fingerprint density at radius 2 is 1.77 bits per heavy atom. The van der Waals surface area contributed by atoms with Crippen molar-refractivity contribution in [3.8, 4) is 0 Å². The first kappa shape index (κ1) is 25.0. The summed E-state index contributed by atoms with van der Waals surface area (Å²) in [5.74, 6) is 1.74. The number of rotatable bonds is 6. The van der Waals surface area contributed by atoms with Crippen LogP contribution in [0.15, 0.2) is 30.3 Å². The van der Waals surface area contributed by atoms with Crippen molar-refractivity contribution in [3.63, 3.8) is 0 Å². The van der Waals surface area contributed by atoms with Crippen molar-refractivity contribution >= 4 is 12.2 Å². The standard InChI is InChI=1S/C25H36N6O4/c1-25(2,3)35-24(33)30-15-13-29(14-16-30)11-10-21-26-22(28-27-21)20-9-12-31(17-20)23(32)34-18-19-7-5-4-6-8-19/h4-8,20H,9-18H2,1-3H3,(H,26,27,28)/t20-/m0/s1. The van der Waals surface area contributed by atoms with Gasteiger partial charge >= 0.3 is 12.2 Å². The molecule has 2 aromatic rings. The van der Waals surface area contributed by atoms with Gasteiger partial charge in [0.05, 0.1) is 0 Å². The molecule has 0 spiro atoms. The van der Waals surface area contributed by atoms with Gasteiger partial charge in [-0.1, -0.05) is 30.3 Å². The second-order valence-corrected chi connectivity index (χ2v) is 10.2. The molecule has 2 amide bonds. The van der Waals surface area contributed by atoms with Crippen molar-refractivity contribution in [2.45, 2.75) is 51.7 Å². The Kier molecular flexibility index (Phi) is 7.90. The topological polar surface area (TPSA) is 104 Å². The Labute approximate surface area is 206 Å². The van der Waals surface area contributed by atoms with E-state index in [0.29, 0.717) is 26.2 Å². The predicted octanol–water partition coefficient (Wildman–Crippen LogP) is 3.03. The highest BCUT2D eigenvalue weighted by Crippen LogP contribution is 2.25. The highest BCUT2D eigenvalue weighted by molar-refractivity contribution is 5.68. The van der Waals surface area contributed by atoms with Crippen LogP contribution in [-0.4, -0.2) is 93.5 Å². The highest BCUT2D eigenvalue weighted by Gasteiger charge is 2.31. The fourth-order valence-electron chi connectivity index (χ4n) is 4.30. The Hall–Kier alpha value is -3.14. The lowest BCUT2D eigenvalue weighted by Crippen LogP contribution is -2.50. The molecule has 1 N–H and O–H groups in total. The molecule has 3 heterocycles. The van der Waals surface area contributed by atoms with E-state index in [0.717, 1.165) is 49.7 Å². The number of nitrogens with one attached hydrogen (secondary N) is 1. The predicted molar refractivity (Wildman–Crippen MR) is 130 cm³/mol. The van der Waals surface area contributed by atoms with Gasteiger partial charge in [0.15, 0.2) is 5.82 Å². The van der Waals surface area contributed by atoms with E-state index < -0.39 is 5.60 Å². The normalized spacial score (nSPS) is 19.1. The van der Waals surface area contributed by atoms with Crippen LogP contribution in [0.4, 0.5) is 9.59 Å². The number of ether oxygens (including phenoxy) is 2. The van der Waals surface area contributed by atoms with Gasteiger partial charge in [-0.05, 0) is 32.8 Å². The first-order valence-electron chi connectivity index (χ1n) is 12.3. The Morgan fingerprint density at radius 1 is 1.03 bits per heavy atom. The third-order valence-electron chi connectivity index (χ3n) is 6.26. The number of carbonyl (C=O) groups excluding carboxylic acids is 2. The van der Waals surface area contributed by atoms with Gasteiger partial charge in [-0.2, -0.15) is 5.10 Å². The SMILES string of the molecule is CC(C)(C)OC(=O)N1CCN(CCc2n[nH]c([C@H]3CCN(C(=O)OCc4ccccc4)C3)n2)CC1. The number of H-pyrrole nitrogens is 1. The van der Waals surface area contributed by atoms with E-state index in [1.54, 1.807) is 9.80 Å². The van der Waals surface area contributed by atoms with Crippen LogP contribution in [0.25, 0.3) is 0 Å². The van der Waals surface area contributed by atoms with Crippen LogP contribution in [0.3, 0.4) is 0 Å². The Morgan fingerprint density at radius 3 is 2.49 bits per heavy atom. The first-order valence-corrected chi connectivity index (χ1v) is 12.3. The summed E-state index contributed by atoms with van der Waals surface area (Å²) in [5, 5.41) is 7.46. The zero-order chi connectivity index (χ0) is 24.8. The van der Waals surface area contributed by atoms with Gasteiger partial charge in [0, 0.05) is 58.2 Å². The van der Waals surface area contributed by atoms with Crippen LogP contribution in [0, 0.1) is 0 Å². The van der Waals surface area contributed by atoms with Crippen molar-refractivity contribution in [2.24, 2.45) is 0 Å². The van der Waals surface area contributed by atoms with E-state index in [2.05, 4.69) is 15.1 Å². The molecule has 4 rings (SSSR count). The smallest absolute Gasteiger partial charge is 0.410 e. The van der Waals surface area contributed by atoms with Gasteiger partial charge in [0.25, 0.3) is 0 Å². The first-order chi connectivity index (χ1) is 16.8. The van der Waals surface area contributed by atoms with Crippen molar-refractivity contribution in [3.05, 3.63) is 47.5 Å². The summed E-state index contributed by atoms with van der Waals surface area (Å²) in [6.45, 7) is 10.9. The molecule has 2 aliphatic heterocycles. The maximum atomic E-state index is 12.4. The molecule has 1 aromatic carbocycles. The quantitative estimate of drug-likeness (QED) is 0.672. The Balaban J connectivity index is 1.17. The molecule has 10 heteroatoms. The van der Waals surface area contributed by atoms with Crippen LogP contribution in [0.5, 0.6) is 0 Å². The van der Waals surface area contributed by atoms with E-state index in [1.807, 2.05) is 51.1 Å². The van der Waals surface area contributed by atoms with Gasteiger partial charge in [0.1, 0.15) is 18.0 Å². The lowest BCUT2D eigenvalue weighted by Gasteiger charge is -2.35. The zero-order valence-corrected chi connectivity index (χ0v) is 20.9. The summed E-state index contributed by atoms with van der Waals surface area (Å²) in [5.41, 5.74) is 0.499. The molecule has 35 heavy (non-hydrogen) atoms. The Bertz CT molecular complexity index is 981. The van der Waals surface area contributed by atoms with Crippen LogP contribution >= 0.6 is 0 Å². The van der Waals surface area contributed by atoms with E-state index in [1.165, 1.54) is 0 Å². The second kappa shape index (κ2) is 11.1. The lowest BCUT2D eigenvalue weighted by atomic mass is 10.1. The van der Waals surface area contributed by atoms with Crippen molar-refractivity contribution in [1.82, 2.24) is 29.9 Å². The molecule has 0 saturated carbocycles. The molecule has 190 valence electrons. The molecular weight excluding hydrogens is 448 g/mol. The monoisotopic (exact) mass is 484 g/mol. The number of carbonyl (C=O) groups is 2. The molecule has 2 fully saturated rings. The number of nitrogens with zero attached hydrogens (tertiary/aromatic N) is 5. The molecule has 0 radical (unpaired) electrons.